The predicted octanol–water partition coefficient (Wildman–Crippen LogP) is 1.98. The minimum absolute atomic E-state index is 0.0295. The second-order valence-corrected chi connectivity index (χ2v) is 33.7. The van der Waals surface area contributed by atoms with Crippen molar-refractivity contribution in [3.8, 4) is 11.5 Å². The van der Waals surface area contributed by atoms with Gasteiger partial charge < -0.3 is 98.8 Å². The third-order valence-electron chi connectivity index (χ3n) is 21.6. The van der Waals surface area contributed by atoms with Gasteiger partial charge in [0.1, 0.15) is 78.0 Å². The average molecular weight is 1780 g/mol. The van der Waals surface area contributed by atoms with E-state index in [4.69, 9.17) is 5.73 Å². The Balaban J connectivity index is 1.20. The largest absolute Gasteiger partial charge is 0.508 e. The maximum atomic E-state index is 15.5. The van der Waals surface area contributed by atoms with Crippen LogP contribution < -0.4 is 58.9 Å². The third kappa shape index (κ3) is 30.6. The van der Waals surface area contributed by atoms with Crippen molar-refractivity contribution < 1.29 is 92.0 Å². The van der Waals surface area contributed by atoms with Gasteiger partial charge in [0.2, 0.25) is 88.6 Å². The molecule has 36 heteroatoms. The van der Waals surface area contributed by atoms with Crippen molar-refractivity contribution in [2.75, 3.05) is 59.3 Å². The molecule has 0 spiro atoms. The third-order valence-corrected chi connectivity index (χ3v) is 22.6. The summed E-state index contributed by atoms with van der Waals surface area (Å²) in [5.41, 5.74) is 9.08. The van der Waals surface area contributed by atoms with E-state index in [9.17, 15) is 63.3 Å². The number of benzene rings is 6. The van der Waals surface area contributed by atoms with Crippen molar-refractivity contribution in [1.29, 1.82) is 0 Å². The van der Waals surface area contributed by atoms with E-state index < -0.39 is 199 Å². The maximum Gasteiger partial charge on any atom is 0.305 e. The van der Waals surface area contributed by atoms with Crippen molar-refractivity contribution in [3.63, 3.8) is 0 Å². The molecule has 1 aromatic heterocycles. The standard InChI is InChI=1S/C92H116N16O19S/c1-10-11-31-74-91(126)106(7)51-78(113)97-70(47-80(115)116)87(122)104-81(55(4)5)88(123)101-68(41-56-23-15-12-16-24-56)85(120)102-71(44-60-34-38-63(110)39-35-60)89(124)105(6)50-77(112)96-69(46-61-48-94-65-30-22-21-29-64(61)65)86(121)100-67(42-59-32-36-62(109)37-33-59)84(119)99-66(40-54(2)3)83(118)103-73(82(117)95-49-76(93)111)52-128-53-79(114)98-72(43-57-25-17-13-18-26-57)90(125)108(9)75(92(127)107(74)8)45-58-27-19-14-20-28-58/h12-30,32-39,48,54-55,66-75,81,94,109-110H,10-11,31,40-47,49-53H2,1-9H3,(H2,93,111)(H,95,117)(H,96,112)(H,97,113)(H,98,114)(H,99,119)(H,100,121)(H,101,123)(H,102,120)(H,103,118)(H,104,122)(H,115,116). The number of primary amides is 1. The van der Waals surface area contributed by atoms with Gasteiger partial charge in [0.15, 0.2) is 0 Å². The molecule has 35 nitrogen and oxygen atoms in total. The summed E-state index contributed by atoms with van der Waals surface area (Å²) in [6.07, 6.45) is 0.0572. The molecule has 1 saturated heterocycles. The number of aliphatic carboxylic acids is 1. The first kappa shape index (κ1) is 99.8. The van der Waals surface area contributed by atoms with E-state index in [1.165, 1.54) is 86.5 Å². The van der Waals surface area contributed by atoms with E-state index in [1.807, 2.05) is 6.92 Å². The minimum Gasteiger partial charge on any atom is -0.508 e. The number of aromatic nitrogens is 1. The summed E-state index contributed by atoms with van der Waals surface area (Å²) < 4.78 is 0. The highest BCUT2D eigenvalue weighted by molar-refractivity contribution is 8.00. The molecule has 16 N–H and O–H groups in total. The zero-order valence-corrected chi connectivity index (χ0v) is 73.9. The Hall–Kier alpha value is -13.7. The van der Waals surface area contributed by atoms with E-state index in [0.717, 1.165) is 21.6 Å². The van der Waals surface area contributed by atoms with Crippen molar-refractivity contribution in [1.82, 2.24) is 77.8 Å². The highest BCUT2D eigenvalue weighted by Gasteiger charge is 2.41. The van der Waals surface area contributed by atoms with Crippen LogP contribution in [0.5, 0.6) is 11.5 Å². The lowest BCUT2D eigenvalue weighted by Crippen LogP contribution is -2.61. The van der Waals surface area contributed by atoms with Crippen LogP contribution in [0, 0.1) is 11.8 Å². The van der Waals surface area contributed by atoms with E-state index in [2.05, 4.69) is 58.2 Å². The number of carboxylic acids is 1. The van der Waals surface area contributed by atoms with Gasteiger partial charge in [-0.25, -0.2) is 0 Å². The summed E-state index contributed by atoms with van der Waals surface area (Å²) in [7, 11) is 5.24. The zero-order valence-electron chi connectivity index (χ0n) is 73.1. The lowest BCUT2D eigenvalue weighted by atomic mass is 9.99. The molecule has 2 heterocycles. The molecule has 15 amide bonds. The van der Waals surface area contributed by atoms with Crippen LogP contribution in [-0.4, -0.2) is 260 Å². The number of thioether (sulfide) groups is 1. The fraction of sp³-hybridized carbons (Fsp3) is 0.413. The molecular weight excluding hydrogens is 1670 g/mol. The lowest BCUT2D eigenvalue weighted by molar-refractivity contribution is -0.151. The predicted molar refractivity (Wildman–Crippen MR) is 477 cm³/mol. The Morgan fingerprint density at radius 1 is 0.461 bits per heavy atom. The SMILES string of the molecule is CCCCC1C(=O)N(C)CC(=O)NC(CC(=O)O)C(=O)NC(C(C)C)C(=O)NC(Cc2ccccc2)C(=O)NC(Cc2ccc(O)cc2)C(=O)N(C)CC(=O)NC(Cc2c[nH]c3ccccc23)C(=O)NC(Cc2ccc(O)cc2)C(=O)NC(CC(C)C)C(=O)NC(C(=O)NCC(N)=O)CSCC(=O)NC(Cc2ccccc2)C(=O)N(C)C(Cc2ccccc2)C(=O)N1C. The van der Waals surface area contributed by atoms with Crippen LogP contribution >= 0.6 is 11.8 Å². The molecule has 8 rings (SSSR count). The average Bonchev–Trinajstić information content (AvgIpc) is 1.75. The fourth-order valence-electron chi connectivity index (χ4n) is 14.7. The van der Waals surface area contributed by atoms with Crippen molar-refractivity contribution in [2.45, 2.75) is 172 Å². The number of amides is 15. The second kappa shape index (κ2) is 48.7. The lowest BCUT2D eigenvalue weighted by Gasteiger charge is -2.37. The number of likely N-dealkylation sites (N-methyl/N-ethyl adjacent to an activating group) is 4. The van der Waals surface area contributed by atoms with Gasteiger partial charge in [0.05, 0.1) is 31.8 Å². The Morgan fingerprint density at radius 2 is 0.891 bits per heavy atom. The van der Waals surface area contributed by atoms with Crippen molar-refractivity contribution >= 4 is 117 Å². The Morgan fingerprint density at radius 3 is 1.41 bits per heavy atom. The Kier molecular flexibility index (Phi) is 38.0. The molecule has 6 aromatic carbocycles. The number of unbranched alkanes of at least 4 members (excludes halogenated alkanes) is 1. The number of carbonyl (C=O) groups excluding carboxylic acids is 15. The first-order valence-electron chi connectivity index (χ1n) is 42.3. The number of nitrogens with one attached hydrogen (secondary N) is 11. The van der Waals surface area contributed by atoms with Crippen LogP contribution in [0.15, 0.2) is 170 Å². The van der Waals surface area contributed by atoms with Gasteiger partial charge in [0, 0.05) is 89.6 Å². The van der Waals surface area contributed by atoms with Crippen LogP contribution in [0.25, 0.3) is 10.9 Å². The molecule has 1 aliphatic heterocycles. The number of aromatic hydroxyl groups is 2. The molecule has 1 fully saturated rings. The number of carboxylic acid groups (broad SMARTS) is 1. The number of phenols is 2. The van der Waals surface area contributed by atoms with Crippen LogP contribution in [0.4, 0.5) is 0 Å². The zero-order chi connectivity index (χ0) is 93.4. The first-order chi connectivity index (χ1) is 60.9. The Bertz CT molecular complexity index is 5030. The summed E-state index contributed by atoms with van der Waals surface area (Å²) in [6, 6.07) is 27.1. The van der Waals surface area contributed by atoms with Gasteiger partial charge >= 0.3 is 5.97 Å². The number of H-pyrrole nitrogens is 1. The first-order valence-corrected chi connectivity index (χ1v) is 43.4. The molecule has 1 aliphatic rings. The highest BCUT2D eigenvalue weighted by Crippen LogP contribution is 2.24. The normalized spacial score (nSPS) is 21.9. The van der Waals surface area contributed by atoms with Gasteiger partial charge in [-0.1, -0.05) is 181 Å². The summed E-state index contributed by atoms with van der Waals surface area (Å²) >= 11 is 0.828. The van der Waals surface area contributed by atoms with Crippen molar-refractivity contribution in [3.05, 3.63) is 203 Å². The van der Waals surface area contributed by atoms with E-state index in [0.29, 0.717) is 57.1 Å². The van der Waals surface area contributed by atoms with Gasteiger partial charge in [-0.05, 0) is 88.4 Å². The summed E-state index contributed by atoms with van der Waals surface area (Å²) in [6.45, 7) is 6.13. The molecule has 0 saturated carbocycles. The van der Waals surface area contributed by atoms with Crippen LogP contribution in [0.3, 0.4) is 0 Å². The van der Waals surface area contributed by atoms with Gasteiger partial charge in [-0.15, -0.1) is 11.8 Å². The molecule has 11 unspecified atom stereocenters. The summed E-state index contributed by atoms with van der Waals surface area (Å²) in [4.78, 5) is 241. The quantitative estimate of drug-likeness (QED) is 0.0435. The fourth-order valence-corrected chi connectivity index (χ4v) is 15.5. The molecule has 0 aliphatic carbocycles. The number of rotatable bonds is 23. The molecule has 0 bridgehead atoms. The smallest absolute Gasteiger partial charge is 0.305 e. The number of carbonyl (C=O) groups is 16. The second-order valence-electron chi connectivity index (χ2n) is 32.7. The summed E-state index contributed by atoms with van der Waals surface area (Å²) in [5, 5.41) is 58.1. The number of phenolic OH excluding ortho intramolecular Hbond substituents is 2. The molecule has 0 radical (unpaired) electrons. The number of para-hydroxylation sites is 1. The number of nitrogens with two attached hydrogens (primary N) is 1. The van der Waals surface area contributed by atoms with Crippen LogP contribution in [-0.2, 0) is 115 Å². The van der Waals surface area contributed by atoms with Gasteiger partial charge in [-0.2, -0.15) is 0 Å². The molecule has 684 valence electrons. The van der Waals surface area contributed by atoms with E-state index >= 15 is 28.8 Å². The van der Waals surface area contributed by atoms with Crippen molar-refractivity contribution in [2.24, 2.45) is 17.6 Å². The number of nitrogens with zero attached hydrogens (tertiary/aromatic N) is 4. The van der Waals surface area contributed by atoms with E-state index in [1.54, 1.807) is 149 Å². The van der Waals surface area contributed by atoms with Gasteiger partial charge in [-0.3, -0.25) is 76.7 Å². The number of aromatic amines is 1. The number of fused-ring (bicyclic) bond motifs is 1. The molecule has 11 atom stereocenters. The highest BCUT2D eigenvalue weighted by atomic mass is 32.2. The van der Waals surface area contributed by atoms with Crippen LogP contribution in [0.2, 0.25) is 0 Å². The molecular formula is C92H116N16O19S. The van der Waals surface area contributed by atoms with Gasteiger partial charge in [0.25, 0.3) is 0 Å². The monoisotopic (exact) mass is 1780 g/mol. The number of hydrogen-bond acceptors (Lipinski definition) is 19. The van der Waals surface area contributed by atoms with E-state index in [-0.39, 0.29) is 74.5 Å². The maximum absolute atomic E-state index is 15.5. The minimum atomic E-state index is -1.91. The molecule has 128 heavy (non-hydrogen) atoms. The summed E-state index contributed by atoms with van der Waals surface area (Å²) in [5.74, 6) is -17.6. The topological polar surface area (TPSA) is 509 Å². The Labute approximate surface area is 746 Å². The van der Waals surface area contributed by atoms with Crippen LogP contribution in [0.1, 0.15) is 100 Å². The molecule has 7 aromatic rings. The number of hydrogen-bond donors (Lipinski definition) is 15.